The van der Waals surface area contributed by atoms with Gasteiger partial charge in [-0.25, -0.2) is 9.07 Å². The second-order valence-electron chi connectivity index (χ2n) is 4.78. The van der Waals surface area contributed by atoms with Crippen LogP contribution in [0.15, 0.2) is 22.8 Å². The zero-order valence-electron chi connectivity index (χ0n) is 11.8. The van der Waals surface area contributed by atoms with Gasteiger partial charge >= 0.3 is 0 Å². The van der Waals surface area contributed by atoms with Crippen LogP contribution in [-0.2, 0) is 7.05 Å². The molecule has 0 fully saturated rings. The van der Waals surface area contributed by atoms with Gasteiger partial charge in [-0.1, -0.05) is 24.3 Å². The molecule has 0 saturated heterocycles. The van der Waals surface area contributed by atoms with Crippen LogP contribution in [0.4, 0.5) is 4.39 Å². The van der Waals surface area contributed by atoms with Crippen LogP contribution in [0.5, 0.6) is 0 Å². The first kappa shape index (κ1) is 15.1. The molecule has 108 valence electrons. The molecule has 0 radical (unpaired) electrons. The number of hydrogen-bond acceptors (Lipinski definition) is 3. The topological polar surface area (TPSA) is 42.7 Å². The van der Waals surface area contributed by atoms with Crippen LogP contribution in [-0.4, -0.2) is 21.5 Å². The first-order valence-corrected chi connectivity index (χ1v) is 7.38. The minimum absolute atomic E-state index is 0.139. The predicted molar refractivity (Wildman–Crippen MR) is 80.0 cm³/mol. The standard InChI is InChI=1S/C14H18BrFN4/c1-4-7-17-12(13-14(15)18-19-20(13)3)10-6-5-9(2)11(16)8-10/h5-6,8,12,17H,4,7H2,1-3H3. The third kappa shape index (κ3) is 3.07. The normalized spacial score (nSPS) is 12.7. The summed E-state index contributed by atoms with van der Waals surface area (Å²) in [6.07, 6.45) is 0.994. The summed E-state index contributed by atoms with van der Waals surface area (Å²) < 4.78 is 16.2. The van der Waals surface area contributed by atoms with Crippen molar-refractivity contribution in [2.75, 3.05) is 6.54 Å². The zero-order valence-corrected chi connectivity index (χ0v) is 13.4. The van der Waals surface area contributed by atoms with Crippen molar-refractivity contribution in [3.8, 4) is 0 Å². The summed E-state index contributed by atoms with van der Waals surface area (Å²) in [6, 6.07) is 5.16. The van der Waals surface area contributed by atoms with E-state index >= 15 is 0 Å². The van der Waals surface area contributed by atoms with Crippen LogP contribution < -0.4 is 5.32 Å². The summed E-state index contributed by atoms with van der Waals surface area (Å²) in [6.45, 7) is 4.68. The molecule has 2 aromatic rings. The number of rotatable bonds is 5. The highest BCUT2D eigenvalue weighted by Crippen LogP contribution is 2.27. The molecular formula is C14H18BrFN4. The van der Waals surface area contributed by atoms with Gasteiger partial charge in [0.05, 0.1) is 11.7 Å². The molecule has 0 saturated carbocycles. The fourth-order valence-electron chi connectivity index (χ4n) is 2.09. The molecule has 1 aromatic heterocycles. The van der Waals surface area contributed by atoms with Crippen molar-refractivity contribution >= 4 is 15.9 Å². The van der Waals surface area contributed by atoms with Crippen molar-refractivity contribution in [2.45, 2.75) is 26.3 Å². The first-order chi connectivity index (χ1) is 9.54. The summed E-state index contributed by atoms with van der Waals surface area (Å²) in [5, 5.41) is 11.4. The summed E-state index contributed by atoms with van der Waals surface area (Å²) >= 11 is 3.41. The van der Waals surface area contributed by atoms with Crippen LogP contribution in [0.3, 0.4) is 0 Å². The van der Waals surface area contributed by atoms with E-state index in [1.54, 1.807) is 23.7 Å². The van der Waals surface area contributed by atoms with E-state index in [1.165, 1.54) is 0 Å². The summed E-state index contributed by atoms with van der Waals surface area (Å²) in [7, 11) is 1.83. The van der Waals surface area contributed by atoms with Crippen molar-refractivity contribution in [3.63, 3.8) is 0 Å². The third-order valence-electron chi connectivity index (χ3n) is 3.23. The molecule has 1 atom stereocenters. The fourth-order valence-corrected chi connectivity index (χ4v) is 2.65. The lowest BCUT2D eigenvalue weighted by molar-refractivity contribution is 0.543. The number of hydrogen-bond donors (Lipinski definition) is 1. The highest BCUT2D eigenvalue weighted by Gasteiger charge is 2.22. The molecule has 0 aliphatic heterocycles. The van der Waals surface area contributed by atoms with Gasteiger partial charge in [0.25, 0.3) is 0 Å². The fraction of sp³-hybridized carbons (Fsp3) is 0.429. The Hall–Kier alpha value is -1.27. The SMILES string of the molecule is CCCNC(c1ccc(C)c(F)c1)c1c(Br)nnn1C. The quantitative estimate of drug-likeness (QED) is 0.909. The summed E-state index contributed by atoms with van der Waals surface area (Å²) in [5.41, 5.74) is 2.40. The first-order valence-electron chi connectivity index (χ1n) is 6.59. The molecule has 1 aromatic carbocycles. The van der Waals surface area contributed by atoms with Gasteiger partial charge in [-0.15, -0.1) is 5.10 Å². The number of nitrogens with one attached hydrogen (secondary N) is 1. The van der Waals surface area contributed by atoms with Gasteiger partial charge in [-0.05, 0) is 53.0 Å². The molecule has 1 heterocycles. The van der Waals surface area contributed by atoms with Gasteiger partial charge in [0.2, 0.25) is 0 Å². The van der Waals surface area contributed by atoms with Crippen LogP contribution >= 0.6 is 15.9 Å². The monoisotopic (exact) mass is 340 g/mol. The molecule has 1 N–H and O–H groups in total. The van der Waals surface area contributed by atoms with E-state index in [0.717, 1.165) is 24.2 Å². The zero-order chi connectivity index (χ0) is 14.7. The van der Waals surface area contributed by atoms with Crippen molar-refractivity contribution < 1.29 is 4.39 Å². The maximum Gasteiger partial charge on any atom is 0.153 e. The highest BCUT2D eigenvalue weighted by atomic mass is 79.9. The van der Waals surface area contributed by atoms with E-state index in [-0.39, 0.29) is 11.9 Å². The molecule has 2 rings (SSSR count). The minimum atomic E-state index is -0.197. The average Bonchev–Trinajstić information content (AvgIpc) is 2.75. The van der Waals surface area contributed by atoms with Crippen LogP contribution in [0, 0.1) is 12.7 Å². The van der Waals surface area contributed by atoms with Gasteiger partial charge in [-0.3, -0.25) is 0 Å². The van der Waals surface area contributed by atoms with Crippen molar-refractivity contribution in [1.82, 2.24) is 20.3 Å². The second kappa shape index (κ2) is 6.45. The minimum Gasteiger partial charge on any atom is -0.305 e. The number of nitrogens with zero attached hydrogens (tertiary/aromatic N) is 3. The average molecular weight is 341 g/mol. The van der Waals surface area contributed by atoms with Gasteiger partial charge in [0.1, 0.15) is 5.82 Å². The van der Waals surface area contributed by atoms with Crippen molar-refractivity contribution in [2.24, 2.45) is 7.05 Å². The van der Waals surface area contributed by atoms with Crippen LogP contribution in [0.2, 0.25) is 0 Å². The summed E-state index contributed by atoms with van der Waals surface area (Å²) in [5.74, 6) is -0.197. The van der Waals surface area contributed by atoms with E-state index in [2.05, 4.69) is 38.5 Å². The largest absolute Gasteiger partial charge is 0.305 e. The van der Waals surface area contributed by atoms with Crippen LogP contribution in [0.1, 0.15) is 36.2 Å². The molecule has 6 heteroatoms. The van der Waals surface area contributed by atoms with E-state index in [1.807, 2.05) is 13.1 Å². The summed E-state index contributed by atoms with van der Waals surface area (Å²) in [4.78, 5) is 0. The predicted octanol–water partition coefficient (Wildman–Crippen LogP) is 3.11. The molecular weight excluding hydrogens is 323 g/mol. The highest BCUT2D eigenvalue weighted by molar-refractivity contribution is 9.10. The van der Waals surface area contributed by atoms with Crippen molar-refractivity contribution in [3.05, 3.63) is 45.4 Å². The molecule has 20 heavy (non-hydrogen) atoms. The van der Waals surface area contributed by atoms with E-state index in [4.69, 9.17) is 0 Å². The lowest BCUT2D eigenvalue weighted by Gasteiger charge is -2.19. The smallest absolute Gasteiger partial charge is 0.153 e. The van der Waals surface area contributed by atoms with Gasteiger partial charge in [-0.2, -0.15) is 0 Å². The molecule has 0 aliphatic carbocycles. The Kier molecular flexibility index (Phi) is 4.88. The number of aromatic nitrogens is 3. The second-order valence-corrected chi connectivity index (χ2v) is 5.54. The lowest BCUT2D eigenvalue weighted by atomic mass is 10.0. The van der Waals surface area contributed by atoms with E-state index < -0.39 is 0 Å². The number of halogens is 2. The lowest BCUT2D eigenvalue weighted by Crippen LogP contribution is -2.25. The number of aryl methyl sites for hydroxylation is 2. The number of benzene rings is 1. The Labute approximate surface area is 126 Å². The Balaban J connectivity index is 2.44. The third-order valence-corrected chi connectivity index (χ3v) is 3.79. The molecule has 0 bridgehead atoms. The Bertz CT molecular complexity index is 577. The Morgan fingerprint density at radius 1 is 1.45 bits per heavy atom. The molecule has 0 aliphatic rings. The Morgan fingerprint density at radius 3 is 2.75 bits per heavy atom. The van der Waals surface area contributed by atoms with Gasteiger partial charge in [0, 0.05) is 7.05 Å². The van der Waals surface area contributed by atoms with E-state index in [0.29, 0.717) is 10.2 Å². The maximum absolute atomic E-state index is 13.8. The van der Waals surface area contributed by atoms with Crippen LogP contribution in [0.25, 0.3) is 0 Å². The van der Waals surface area contributed by atoms with E-state index in [9.17, 15) is 4.39 Å². The molecule has 0 amide bonds. The van der Waals surface area contributed by atoms with Crippen molar-refractivity contribution in [1.29, 1.82) is 0 Å². The maximum atomic E-state index is 13.8. The molecule has 4 nitrogen and oxygen atoms in total. The van der Waals surface area contributed by atoms with Gasteiger partial charge < -0.3 is 5.32 Å². The van der Waals surface area contributed by atoms with Gasteiger partial charge in [0.15, 0.2) is 4.60 Å². The Morgan fingerprint density at radius 2 is 2.20 bits per heavy atom. The molecule has 1 unspecified atom stereocenters. The molecule has 0 spiro atoms.